The van der Waals surface area contributed by atoms with E-state index in [1.807, 2.05) is 4.90 Å². The summed E-state index contributed by atoms with van der Waals surface area (Å²) >= 11 is 1.68. The first-order chi connectivity index (χ1) is 10.2. The van der Waals surface area contributed by atoms with Gasteiger partial charge >= 0.3 is 0 Å². The maximum absolute atomic E-state index is 12.5. The Morgan fingerprint density at radius 2 is 2.14 bits per heavy atom. The Balaban J connectivity index is 1.76. The molecule has 0 aromatic heterocycles. The van der Waals surface area contributed by atoms with Gasteiger partial charge < -0.3 is 9.64 Å². The predicted molar refractivity (Wildman–Crippen MR) is 79.0 cm³/mol. The fourth-order valence-corrected chi connectivity index (χ4v) is 3.95. The van der Waals surface area contributed by atoms with Crippen LogP contribution in [-0.2, 0) is 9.53 Å². The number of ether oxygens (including phenoxy) is 1. The van der Waals surface area contributed by atoms with Gasteiger partial charge in [-0.3, -0.25) is 14.9 Å². The van der Waals surface area contributed by atoms with Gasteiger partial charge in [0.15, 0.2) is 0 Å². The van der Waals surface area contributed by atoms with E-state index in [9.17, 15) is 14.9 Å². The lowest BCUT2D eigenvalue weighted by Gasteiger charge is -2.26. The normalized spacial score (nSPS) is 25.2. The average molecular weight is 308 g/mol. The van der Waals surface area contributed by atoms with Gasteiger partial charge in [-0.15, -0.1) is 11.8 Å². The van der Waals surface area contributed by atoms with Crippen molar-refractivity contribution >= 4 is 23.4 Å². The Kier molecular flexibility index (Phi) is 4.12. The monoisotopic (exact) mass is 308 g/mol. The number of carbonyl (C=O) groups is 1. The highest BCUT2D eigenvalue weighted by Gasteiger charge is 2.36. The predicted octanol–water partition coefficient (Wildman–Crippen LogP) is 2.35. The third-order valence-electron chi connectivity index (χ3n) is 3.77. The molecule has 2 saturated heterocycles. The lowest BCUT2D eigenvalue weighted by Crippen LogP contribution is -2.38. The van der Waals surface area contributed by atoms with Crippen molar-refractivity contribution in [2.24, 2.45) is 0 Å². The van der Waals surface area contributed by atoms with E-state index in [2.05, 4.69) is 0 Å². The van der Waals surface area contributed by atoms with E-state index in [1.54, 1.807) is 23.9 Å². The minimum atomic E-state index is -0.416. The molecule has 6 nitrogen and oxygen atoms in total. The Morgan fingerprint density at radius 1 is 1.38 bits per heavy atom. The molecule has 1 aromatic carbocycles. The molecular weight excluding hydrogens is 292 g/mol. The minimum absolute atomic E-state index is 0.0425. The zero-order valence-electron chi connectivity index (χ0n) is 11.4. The molecule has 0 bridgehead atoms. The average Bonchev–Trinajstić information content (AvgIpc) is 3.18. The molecule has 2 aliphatic rings. The van der Waals surface area contributed by atoms with Gasteiger partial charge in [0.2, 0.25) is 0 Å². The number of hydrogen-bond acceptors (Lipinski definition) is 5. The maximum Gasteiger partial charge on any atom is 0.269 e. The van der Waals surface area contributed by atoms with Gasteiger partial charge in [0.25, 0.3) is 11.6 Å². The highest BCUT2D eigenvalue weighted by molar-refractivity contribution is 7.99. The Bertz CT molecular complexity index is 542. The van der Waals surface area contributed by atoms with Gasteiger partial charge in [-0.25, -0.2) is 0 Å². The standard InChI is InChI=1S/C14H16N2O4S/c17-13(12-2-1-8-20-12)15-7-9-21-14(15)10-3-5-11(6-4-10)16(18)19/h3-6,12,14H,1-2,7-9H2. The van der Waals surface area contributed by atoms with Crippen molar-refractivity contribution in [1.82, 2.24) is 4.90 Å². The van der Waals surface area contributed by atoms with Crippen LogP contribution >= 0.6 is 11.8 Å². The Morgan fingerprint density at radius 3 is 2.76 bits per heavy atom. The Labute approximate surface area is 126 Å². The number of non-ortho nitro benzene ring substituents is 1. The SMILES string of the molecule is O=C(C1CCCO1)N1CCSC1c1ccc([N+](=O)[O-])cc1. The molecule has 2 unspecified atom stereocenters. The van der Waals surface area contributed by atoms with Crippen LogP contribution in [0, 0.1) is 10.1 Å². The number of hydrogen-bond donors (Lipinski definition) is 0. The van der Waals surface area contributed by atoms with Crippen LogP contribution in [0.15, 0.2) is 24.3 Å². The van der Waals surface area contributed by atoms with E-state index in [0.717, 1.165) is 24.2 Å². The second-order valence-electron chi connectivity index (χ2n) is 5.11. The van der Waals surface area contributed by atoms with Gasteiger partial charge in [0, 0.05) is 31.0 Å². The van der Waals surface area contributed by atoms with E-state index in [0.29, 0.717) is 13.2 Å². The van der Waals surface area contributed by atoms with Crippen LogP contribution < -0.4 is 0 Å². The summed E-state index contributed by atoms with van der Waals surface area (Å²) in [6.07, 6.45) is 1.40. The van der Waals surface area contributed by atoms with Crippen molar-refractivity contribution in [2.75, 3.05) is 18.9 Å². The highest BCUT2D eigenvalue weighted by Crippen LogP contribution is 2.39. The number of nitro groups is 1. The number of carbonyl (C=O) groups excluding carboxylic acids is 1. The number of nitro benzene ring substituents is 1. The lowest BCUT2D eigenvalue weighted by atomic mass is 10.1. The van der Waals surface area contributed by atoms with E-state index < -0.39 is 4.92 Å². The highest BCUT2D eigenvalue weighted by atomic mass is 32.2. The zero-order valence-corrected chi connectivity index (χ0v) is 12.3. The summed E-state index contributed by atoms with van der Waals surface area (Å²) in [5.74, 6) is 0.918. The van der Waals surface area contributed by atoms with Crippen LogP contribution in [0.1, 0.15) is 23.8 Å². The van der Waals surface area contributed by atoms with Crippen LogP contribution in [-0.4, -0.2) is 40.7 Å². The molecule has 2 heterocycles. The number of nitrogens with zero attached hydrogens (tertiary/aromatic N) is 2. The molecule has 2 aliphatic heterocycles. The van der Waals surface area contributed by atoms with Crippen molar-refractivity contribution in [3.8, 4) is 0 Å². The fraction of sp³-hybridized carbons (Fsp3) is 0.500. The molecule has 2 fully saturated rings. The molecule has 0 N–H and O–H groups in total. The van der Waals surface area contributed by atoms with Gasteiger partial charge in [0.05, 0.1) is 4.92 Å². The summed E-state index contributed by atoms with van der Waals surface area (Å²) < 4.78 is 5.47. The van der Waals surface area contributed by atoms with Crippen LogP contribution in [0.2, 0.25) is 0 Å². The van der Waals surface area contributed by atoms with Crippen molar-refractivity contribution in [2.45, 2.75) is 24.3 Å². The number of benzene rings is 1. The maximum atomic E-state index is 12.5. The summed E-state index contributed by atoms with van der Waals surface area (Å²) in [4.78, 5) is 24.6. The number of rotatable bonds is 3. The first-order valence-corrected chi connectivity index (χ1v) is 8.00. The topological polar surface area (TPSA) is 72.7 Å². The second-order valence-corrected chi connectivity index (χ2v) is 6.29. The van der Waals surface area contributed by atoms with Crippen molar-refractivity contribution in [1.29, 1.82) is 0 Å². The van der Waals surface area contributed by atoms with Gasteiger partial charge in [-0.2, -0.15) is 0 Å². The third-order valence-corrected chi connectivity index (χ3v) is 5.03. The van der Waals surface area contributed by atoms with E-state index in [4.69, 9.17) is 4.74 Å². The minimum Gasteiger partial charge on any atom is -0.368 e. The summed E-state index contributed by atoms with van der Waals surface area (Å²) in [6, 6.07) is 6.44. The molecule has 3 rings (SSSR count). The van der Waals surface area contributed by atoms with E-state index >= 15 is 0 Å². The summed E-state index contributed by atoms with van der Waals surface area (Å²) in [6.45, 7) is 1.35. The zero-order chi connectivity index (χ0) is 14.8. The van der Waals surface area contributed by atoms with Gasteiger partial charge in [-0.1, -0.05) is 0 Å². The molecule has 1 aromatic rings. The third kappa shape index (κ3) is 2.89. The molecule has 0 aliphatic carbocycles. The molecule has 21 heavy (non-hydrogen) atoms. The molecular formula is C14H16N2O4S. The molecule has 0 radical (unpaired) electrons. The van der Waals surface area contributed by atoms with Gasteiger partial charge in [0.1, 0.15) is 11.5 Å². The summed E-state index contributed by atoms with van der Waals surface area (Å²) in [5.41, 5.74) is 0.994. The van der Waals surface area contributed by atoms with Crippen molar-refractivity contribution in [3.63, 3.8) is 0 Å². The number of thioether (sulfide) groups is 1. The summed E-state index contributed by atoms with van der Waals surface area (Å²) in [7, 11) is 0. The van der Waals surface area contributed by atoms with E-state index in [1.165, 1.54) is 12.1 Å². The summed E-state index contributed by atoms with van der Waals surface area (Å²) in [5, 5.41) is 10.6. The molecule has 0 saturated carbocycles. The van der Waals surface area contributed by atoms with Crippen LogP contribution in [0.5, 0.6) is 0 Å². The first-order valence-electron chi connectivity index (χ1n) is 6.95. The second kappa shape index (κ2) is 6.03. The van der Waals surface area contributed by atoms with Crippen LogP contribution in [0.3, 0.4) is 0 Å². The largest absolute Gasteiger partial charge is 0.368 e. The molecule has 7 heteroatoms. The smallest absolute Gasteiger partial charge is 0.269 e. The molecule has 0 spiro atoms. The van der Waals surface area contributed by atoms with E-state index in [-0.39, 0.29) is 23.1 Å². The molecule has 2 atom stereocenters. The van der Waals surface area contributed by atoms with Crippen LogP contribution in [0.25, 0.3) is 0 Å². The van der Waals surface area contributed by atoms with Crippen molar-refractivity contribution < 1.29 is 14.5 Å². The van der Waals surface area contributed by atoms with Crippen molar-refractivity contribution in [3.05, 3.63) is 39.9 Å². The number of amides is 1. The first kappa shape index (κ1) is 14.3. The Hall–Kier alpha value is -1.60. The van der Waals surface area contributed by atoms with Crippen LogP contribution in [0.4, 0.5) is 5.69 Å². The fourth-order valence-electron chi connectivity index (χ4n) is 2.69. The quantitative estimate of drug-likeness (QED) is 0.633. The molecule has 1 amide bonds. The van der Waals surface area contributed by atoms with Gasteiger partial charge in [-0.05, 0) is 30.5 Å². The lowest BCUT2D eigenvalue weighted by molar-refractivity contribution is -0.384. The molecule has 112 valence electrons.